The minimum Gasteiger partial charge on any atom is -0.380 e. The van der Waals surface area contributed by atoms with Crippen LogP contribution in [0.3, 0.4) is 0 Å². The van der Waals surface area contributed by atoms with Crippen molar-refractivity contribution in [2.24, 2.45) is 0 Å². The number of ether oxygens (including phenoxy) is 1. The van der Waals surface area contributed by atoms with E-state index in [0.29, 0.717) is 10.0 Å². The molecule has 2 heterocycles. The topological polar surface area (TPSA) is 25.4 Å². The van der Waals surface area contributed by atoms with Crippen molar-refractivity contribution in [1.29, 1.82) is 0 Å². The summed E-state index contributed by atoms with van der Waals surface area (Å²) in [6.45, 7) is 1.76. The van der Waals surface area contributed by atoms with Crippen LogP contribution in [0.4, 0.5) is 5.82 Å². The molecule has 1 fully saturated rings. The first-order chi connectivity index (χ1) is 7.20. The third kappa shape index (κ3) is 2.36. The fourth-order valence-corrected chi connectivity index (χ4v) is 2.25. The van der Waals surface area contributed by atoms with E-state index < -0.39 is 0 Å². The smallest absolute Gasteiger partial charge is 0.147 e. The van der Waals surface area contributed by atoms with Crippen LogP contribution >= 0.6 is 23.2 Å². The van der Waals surface area contributed by atoms with Crippen LogP contribution in [0.5, 0.6) is 0 Å². The molecule has 82 valence electrons. The van der Waals surface area contributed by atoms with Crippen molar-refractivity contribution in [3.05, 3.63) is 22.3 Å². The first-order valence-electron chi connectivity index (χ1n) is 4.79. The van der Waals surface area contributed by atoms with E-state index in [1.54, 1.807) is 19.4 Å². The van der Waals surface area contributed by atoms with Gasteiger partial charge in [0.2, 0.25) is 0 Å². The van der Waals surface area contributed by atoms with Gasteiger partial charge >= 0.3 is 0 Å². The van der Waals surface area contributed by atoms with E-state index in [2.05, 4.69) is 9.88 Å². The van der Waals surface area contributed by atoms with E-state index in [1.165, 1.54) is 0 Å². The van der Waals surface area contributed by atoms with Crippen LogP contribution in [0.2, 0.25) is 10.0 Å². The minimum absolute atomic E-state index is 0.276. The van der Waals surface area contributed by atoms with Gasteiger partial charge in [-0.25, -0.2) is 4.98 Å². The van der Waals surface area contributed by atoms with Gasteiger partial charge in [-0.15, -0.1) is 0 Å². The predicted molar refractivity (Wildman–Crippen MR) is 61.9 cm³/mol. The first-order valence-corrected chi connectivity index (χ1v) is 5.55. The highest BCUT2D eigenvalue weighted by molar-refractivity contribution is 6.36. The standard InChI is InChI=1S/C10H12Cl2N2O/c1-15-8-2-3-14(6-8)10-9(12)4-7(11)5-13-10/h4-5,8H,2-3,6H2,1H3/t8-/m0/s1. The van der Waals surface area contributed by atoms with Gasteiger partial charge in [0.25, 0.3) is 0 Å². The van der Waals surface area contributed by atoms with E-state index in [4.69, 9.17) is 27.9 Å². The summed E-state index contributed by atoms with van der Waals surface area (Å²) in [6, 6.07) is 1.71. The number of rotatable bonds is 2. The predicted octanol–water partition coefficient (Wildman–Crippen LogP) is 2.61. The lowest BCUT2D eigenvalue weighted by Crippen LogP contribution is -2.23. The zero-order valence-corrected chi connectivity index (χ0v) is 9.92. The molecule has 1 aliphatic rings. The van der Waals surface area contributed by atoms with Gasteiger partial charge in [-0.3, -0.25) is 0 Å². The van der Waals surface area contributed by atoms with Gasteiger partial charge < -0.3 is 9.64 Å². The molecule has 0 amide bonds. The van der Waals surface area contributed by atoms with E-state index in [1.807, 2.05) is 0 Å². The molecule has 1 aromatic heterocycles. The van der Waals surface area contributed by atoms with E-state index >= 15 is 0 Å². The number of hydrogen-bond acceptors (Lipinski definition) is 3. The molecule has 0 saturated carbocycles. The Labute approximate surface area is 98.9 Å². The van der Waals surface area contributed by atoms with Crippen LogP contribution in [0, 0.1) is 0 Å². The normalized spacial score (nSPS) is 21.0. The van der Waals surface area contributed by atoms with Crippen LogP contribution in [-0.4, -0.2) is 31.3 Å². The molecule has 0 aromatic carbocycles. The van der Waals surface area contributed by atoms with Gasteiger partial charge in [-0.1, -0.05) is 23.2 Å². The fourth-order valence-electron chi connectivity index (χ4n) is 1.75. The maximum atomic E-state index is 6.07. The summed E-state index contributed by atoms with van der Waals surface area (Å²) in [5.74, 6) is 0.792. The van der Waals surface area contributed by atoms with Crippen molar-refractivity contribution in [1.82, 2.24) is 4.98 Å². The second kappa shape index (κ2) is 4.56. The maximum absolute atomic E-state index is 6.07. The summed E-state index contributed by atoms with van der Waals surface area (Å²) >= 11 is 11.9. The lowest BCUT2D eigenvalue weighted by atomic mass is 10.3. The number of pyridine rings is 1. The van der Waals surface area contributed by atoms with Gasteiger partial charge in [0.05, 0.1) is 16.1 Å². The molecule has 1 saturated heterocycles. The van der Waals surface area contributed by atoms with Crippen LogP contribution in [0.25, 0.3) is 0 Å². The van der Waals surface area contributed by atoms with Crippen molar-refractivity contribution in [3.63, 3.8) is 0 Å². The molecule has 3 nitrogen and oxygen atoms in total. The Morgan fingerprint density at radius 3 is 2.93 bits per heavy atom. The molecule has 0 unspecified atom stereocenters. The first kappa shape index (κ1) is 11.0. The van der Waals surface area contributed by atoms with E-state index in [0.717, 1.165) is 25.3 Å². The third-order valence-corrected chi connectivity index (χ3v) is 3.05. The molecule has 5 heteroatoms. The van der Waals surface area contributed by atoms with Crippen LogP contribution in [0.15, 0.2) is 12.3 Å². The quantitative estimate of drug-likeness (QED) is 0.803. The molecule has 0 aliphatic carbocycles. The zero-order chi connectivity index (χ0) is 10.8. The SMILES string of the molecule is CO[C@H]1CCN(c2ncc(Cl)cc2Cl)C1. The summed E-state index contributed by atoms with van der Waals surface area (Å²) in [5.41, 5.74) is 0. The Morgan fingerprint density at radius 2 is 2.33 bits per heavy atom. The average Bonchev–Trinajstić information content (AvgIpc) is 2.66. The highest BCUT2D eigenvalue weighted by Gasteiger charge is 2.24. The van der Waals surface area contributed by atoms with Crippen molar-refractivity contribution in [2.75, 3.05) is 25.1 Å². The lowest BCUT2D eigenvalue weighted by Gasteiger charge is -2.18. The number of halogens is 2. The van der Waals surface area contributed by atoms with Crippen molar-refractivity contribution < 1.29 is 4.74 Å². The monoisotopic (exact) mass is 246 g/mol. The summed E-state index contributed by atoms with van der Waals surface area (Å²) in [5, 5.41) is 1.16. The molecule has 15 heavy (non-hydrogen) atoms. The van der Waals surface area contributed by atoms with E-state index in [-0.39, 0.29) is 6.10 Å². The molecule has 0 spiro atoms. The summed E-state index contributed by atoms with van der Waals surface area (Å²) < 4.78 is 5.29. The lowest BCUT2D eigenvalue weighted by molar-refractivity contribution is 0.121. The highest BCUT2D eigenvalue weighted by Crippen LogP contribution is 2.28. The Kier molecular flexibility index (Phi) is 3.34. The third-order valence-electron chi connectivity index (χ3n) is 2.57. The Morgan fingerprint density at radius 1 is 1.53 bits per heavy atom. The van der Waals surface area contributed by atoms with Crippen LogP contribution in [0.1, 0.15) is 6.42 Å². The van der Waals surface area contributed by atoms with Gasteiger partial charge in [0.15, 0.2) is 0 Å². The average molecular weight is 247 g/mol. The molecule has 1 atom stereocenters. The van der Waals surface area contributed by atoms with Gasteiger partial charge in [-0.05, 0) is 12.5 Å². The number of aromatic nitrogens is 1. The van der Waals surface area contributed by atoms with Gasteiger partial charge in [0.1, 0.15) is 5.82 Å². The van der Waals surface area contributed by atoms with Gasteiger partial charge in [-0.2, -0.15) is 0 Å². The number of hydrogen-bond donors (Lipinski definition) is 0. The van der Waals surface area contributed by atoms with Crippen molar-refractivity contribution in [2.45, 2.75) is 12.5 Å². The molecule has 1 aliphatic heterocycles. The molecule has 2 rings (SSSR count). The van der Waals surface area contributed by atoms with Crippen molar-refractivity contribution in [3.8, 4) is 0 Å². The number of nitrogens with zero attached hydrogens (tertiary/aromatic N) is 2. The Bertz CT molecular complexity index is 359. The summed E-state index contributed by atoms with van der Waals surface area (Å²) in [4.78, 5) is 6.35. The molecule has 0 radical (unpaired) electrons. The van der Waals surface area contributed by atoms with Gasteiger partial charge in [0, 0.05) is 26.4 Å². The second-order valence-corrected chi connectivity index (χ2v) is 4.40. The van der Waals surface area contributed by atoms with Crippen LogP contribution < -0.4 is 4.90 Å². The molecule has 0 bridgehead atoms. The number of anilines is 1. The molecule has 0 N–H and O–H groups in total. The molecular weight excluding hydrogens is 235 g/mol. The minimum atomic E-state index is 0.276. The highest BCUT2D eigenvalue weighted by atomic mass is 35.5. The van der Waals surface area contributed by atoms with E-state index in [9.17, 15) is 0 Å². The summed E-state index contributed by atoms with van der Waals surface area (Å²) in [7, 11) is 1.73. The maximum Gasteiger partial charge on any atom is 0.147 e. The largest absolute Gasteiger partial charge is 0.380 e. The zero-order valence-electron chi connectivity index (χ0n) is 8.41. The Hall–Kier alpha value is -0.510. The fraction of sp³-hybridized carbons (Fsp3) is 0.500. The number of methoxy groups -OCH3 is 1. The molecule has 1 aromatic rings. The Balaban J connectivity index is 2.17. The van der Waals surface area contributed by atoms with Crippen molar-refractivity contribution >= 4 is 29.0 Å². The molecular formula is C10H12Cl2N2O. The van der Waals surface area contributed by atoms with Crippen LogP contribution in [-0.2, 0) is 4.74 Å². The second-order valence-electron chi connectivity index (χ2n) is 3.55. The summed E-state index contributed by atoms with van der Waals surface area (Å²) in [6.07, 6.45) is 2.90.